The zero-order valence-corrected chi connectivity index (χ0v) is 31.5. The minimum absolute atomic E-state index is 0.0413. The highest BCUT2D eigenvalue weighted by Crippen LogP contribution is 2.79. The van der Waals surface area contributed by atoms with Gasteiger partial charge in [-0.25, -0.2) is 0 Å². The van der Waals surface area contributed by atoms with Crippen molar-refractivity contribution in [3.8, 4) is 11.5 Å². The minimum atomic E-state index is -1.91. The topological polar surface area (TPSA) is 15.7 Å². The summed E-state index contributed by atoms with van der Waals surface area (Å²) in [5.41, 5.74) is 13.0. The quantitative estimate of drug-likeness (QED) is 0.168. The van der Waals surface area contributed by atoms with E-state index in [4.69, 9.17) is 4.74 Å². The Morgan fingerprint density at radius 3 is 1.58 bits per heavy atom. The molecule has 3 aliphatic heterocycles. The number of para-hydroxylation sites is 3. The van der Waals surface area contributed by atoms with Gasteiger partial charge in [-0.1, -0.05) is 103 Å². The second-order valence-electron chi connectivity index (χ2n) is 14.7. The molecule has 0 bridgehead atoms. The van der Waals surface area contributed by atoms with Crippen LogP contribution >= 0.6 is 10.0 Å². The van der Waals surface area contributed by atoms with E-state index in [-0.39, 0.29) is 6.71 Å². The third-order valence-corrected chi connectivity index (χ3v) is 15.3. The molecule has 0 N–H and O–H groups in total. The Kier molecular flexibility index (Phi) is 7.17. The second kappa shape index (κ2) is 12.3. The van der Waals surface area contributed by atoms with Gasteiger partial charge in [0, 0.05) is 42.7 Å². The fourth-order valence-corrected chi connectivity index (χ4v) is 13.5. The van der Waals surface area contributed by atoms with E-state index in [2.05, 4.69) is 212 Å². The molecule has 0 radical (unpaired) electrons. The molecule has 0 aromatic heterocycles. The molecule has 0 atom stereocenters. The maximum absolute atomic E-state index is 7.00. The Hall–Kier alpha value is -6.43. The summed E-state index contributed by atoms with van der Waals surface area (Å²) >= 11 is 0. The molecule has 0 spiro atoms. The summed E-state index contributed by atoms with van der Waals surface area (Å²) in [6.07, 6.45) is 0. The highest BCUT2D eigenvalue weighted by atomic mass is 32.3. The lowest BCUT2D eigenvalue weighted by Gasteiger charge is -2.50. The number of hydrogen-bond acceptors (Lipinski definition) is 3. The third kappa shape index (κ3) is 4.66. The molecule has 0 amide bonds. The number of ether oxygens (including phenoxy) is 1. The molecule has 8 aromatic rings. The molecule has 8 aromatic carbocycles. The van der Waals surface area contributed by atoms with Gasteiger partial charge in [-0.2, -0.15) is 0 Å². The molecule has 3 nitrogen and oxygen atoms in total. The Morgan fingerprint density at radius 1 is 0.418 bits per heavy atom. The monoisotopic (exact) mass is 724 g/mol. The van der Waals surface area contributed by atoms with Gasteiger partial charge in [0.15, 0.2) is 0 Å². The summed E-state index contributed by atoms with van der Waals surface area (Å²) < 4.78 is 7.00. The molecule has 3 heterocycles. The smallest absolute Gasteiger partial charge is 0.256 e. The molecule has 0 saturated carbocycles. The molecule has 5 heteroatoms. The minimum Gasteiger partial charge on any atom is -0.458 e. The second-order valence-corrected chi connectivity index (χ2v) is 17.7. The van der Waals surface area contributed by atoms with Gasteiger partial charge in [-0.15, -0.1) is 10.0 Å². The van der Waals surface area contributed by atoms with Crippen molar-refractivity contribution in [1.29, 1.82) is 0 Å². The first kappa shape index (κ1) is 32.0. The lowest BCUT2D eigenvalue weighted by molar-refractivity contribution is 0.487. The van der Waals surface area contributed by atoms with Gasteiger partial charge in [0.25, 0.3) is 6.71 Å². The van der Waals surface area contributed by atoms with Crippen LogP contribution in [-0.2, 0) is 0 Å². The normalized spacial score (nSPS) is 14.8. The van der Waals surface area contributed by atoms with Crippen LogP contribution in [0.1, 0.15) is 11.1 Å². The van der Waals surface area contributed by atoms with Crippen molar-refractivity contribution >= 4 is 67.3 Å². The standard InChI is InChI=1S/C50H37BN2OS/c1-34-26-28-43-48(30-34)55(38-18-8-4-9-19-38,39-20-10-5-11-21-39)49-31-35(2)27-29-44(49)53(43)37-32-45-50-47(33-37)54-46-25-15-13-23-41(46)51(50)40-22-12-14-24-42(40)52(45)36-16-6-3-7-17-36/h3-33H,1-2H3. The highest BCUT2D eigenvalue weighted by Gasteiger charge is 2.45. The van der Waals surface area contributed by atoms with Gasteiger partial charge in [0.05, 0.1) is 17.1 Å². The van der Waals surface area contributed by atoms with Crippen molar-refractivity contribution in [2.45, 2.75) is 33.4 Å². The fraction of sp³-hybridized carbons (Fsp3) is 0.0400. The van der Waals surface area contributed by atoms with Crippen molar-refractivity contribution in [1.82, 2.24) is 0 Å². The molecule has 0 aliphatic carbocycles. The average molecular weight is 725 g/mol. The largest absolute Gasteiger partial charge is 0.458 e. The number of anilines is 6. The van der Waals surface area contributed by atoms with Crippen LogP contribution in [0.5, 0.6) is 11.5 Å². The Bertz CT molecular complexity index is 2690. The van der Waals surface area contributed by atoms with E-state index in [1.165, 1.54) is 64.2 Å². The van der Waals surface area contributed by atoms with Crippen LogP contribution in [0.25, 0.3) is 0 Å². The van der Waals surface area contributed by atoms with Gasteiger partial charge in [0.1, 0.15) is 11.5 Å². The Balaban J connectivity index is 1.24. The summed E-state index contributed by atoms with van der Waals surface area (Å²) in [5, 5.41) is 0. The van der Waals surface area contributed by atoms with Crippen LogP contribution in [0.4, 0.5) is 34.1 Å². The van der Waals surface area contributed by atoms with Crippen molar-refractivity contribution in [3.05, 3.63) is 199 Å². The molecular weight excluding hydrogens is 687 g/mol. The number of nitrogens with zero attached hydrogens (tertiary/aromatic N) is 2. The molecule has 11 rings (SSSR count). The van der Waals surface area contributed by atoms with Gasteiger partial charge in [-0.05, 0) is 120 Å². The average Bonchev–Trinajstić information content (AvgIpc) is 3.23. The van der Waals surface area contributed by atoms with E-state index in [0.717, 1.165) is 28.6 Å². The first-order valence-electron chi connectivity index (χ1n) is 18.9. The molecule has 0 fully saturated rings. The van der Waals surface area contributed by atoms with Crippen LogP contribution in [0, 0.1) is 13.8 Å². The van der Waals surface area contributed by atoms with E-state index in [1.54, 1.807) is 0 Å². The number of fused-ring (bicyclic) bond motifs is 6. The molecule has 0 unspecified atom stereocenters. The summed E-state index contributed by atoms with van der Waals surface area (Å²) in [4.78, 5) is 10.3. The maximum atomic E-state index is 7.00. The van der Waals surface area contributed by atoms with Crippen LogP contribution in [0.3, 0.4) is 0 Å². The predicted molar refractivity (Wildman–Crippen MR) is 230 cm³/mol. The highest BCUT2D eigenvalue weighted by molar-refractivity contribution is 8.34. The predicted octanol–water partition coefficient (Wildman–Crippen LogP) is 11.8. The van der Waals surface area contributed by atoms with Crippen LogP contribution in [0.2, 0.25) is 0 Å². The summed E-state index contributed by atoms with van der Waals surface area (Å²) in [6, 6.07) is 69.4. The molecular formula is C50H37BN2OS. The Morgan fingerprint density at radius 2 is 0.945 bits per heavy atom. The van der Waals surface area contributed by atoms with E-state index in [1.807, 2.05) is 0 Å². The first-order chi connectivity index (χ1) is 27.1. The van der Waals surface area contributed by atoms with Crippen molar-refractivity contribution in [3.63, 3.8) is 0 Å². The number of rotatable bonds is 4. The fourth-order valence-electron chi connectivity index (χ4n) is 9.14. The summed E-state index contributed by atoms with van der Waals surface area (Å²) in [6.45, 7) is 4.49. The Labute approximate surface area is 324 Å². The van der Waals surface area contributed by atoms with E-state index >= 15 is 0 Å². The van der Waals surface area contributed by atoms with Crippen molar-refractivity contribution in [2.24, 2.45) is 0 Å². The molecule has 55 heavy (non-hydrogen) atoms. The van der Waals surface area contributed by atoms with E-state index in [0.29, 0.717) is 0 Å². The van der Waals surface area contributed by atoms with E-state index < -0.39 is 10.0 Å². The zero-order valence-electron chi connectivity index (χ0n) is 30.7. The van der Waals surface area contributed by atoms with Crippen LogP contribution < -0.4 is 30.9 Å². The van der Waals surface area contributed by atoms with Crippen LogP contribution in [0.15, 0.2) is 208 Å². The van der Waals surface area contributed by atoms with Crippen LogP contribution in [-0.4, -0.2) is 6.71 Å². The molecule has 0 saturated heterocycles. The maximum Gasteiger partial charge on any atom is 0.256 e. The number of aryl methyl sites for hydroxylation is 2. The van der Waals surface area contributed by atoms with Gasteiger partial charge < -0.3 is 14.5 Å². The van der Waals surface area contributed by atoms with Gasteiger partial charge in [0.2, 0.25) is 0 Å². The summed E-state index contributed by atoms with van der Waals surface area (Å²) in [7, 11) is -1.91. The lowest BCUT2D eigenvalue weighted by Crippen LogP contribution is -2.59. The SMILES string of the molecule is Cc1ccc2c(c1)S(c1ccccc1)(c1ccccc1)c1cc(C)ccc1N2c1cc2c3c(c1)N(c1ccccc1)c1ccccc1B3c1ccccc1O2. The molecule has 262 valence electrons. The number of hydrogen-bond donors (Lipinski definition) is 0. The third-order valence-electron chi connectivity index (χ3n) is 11.4. The van der Waals surface area contributed by atoms with Gasteiger partial charge >= 0.3 is 0 Å². The summed E-state index contributed by atoms with van der Waals surface area (Å²) in [5.74, 6) is 1.80. The molecule has 3 aliphatic rings. The number of benzene rings is 8. The van der Waals surface area contributed by atoms with Crippen molar-refractivity contribution in [2.75, 3.05) is 9.80 Å². The van der Waals surface area contributed by atoms with Crippen molar-refractivity contribution < 1.29 is 4.74 Å². The van der Waals surface area contributed by atoms with Gasteiger partial charge in [-0.3, -0.25) is 0 Å². The first-order valence-corrected chi connectivity index (χ1v) is 20.6. The van der Waals surface area contributed by atoms with E-state index in [9.17, 15) is 0 Å². The zero-order chi connectivity index (χ0) is 36.7. The lowest BCUT2D eigenvalue weighted by atomic mass is 9.34.